The molecule has 148 valence electrons. The van der Waals surface area contributed by atoms with Crippen molar-refractivity contribution >= 4 is 46.7 Å². The third-order valence-corrected chi connectivity index (χ3v) is 6.15. The lowest BCUT2D eigenvalue weighted by atomic mass is 9.87. The number of carbonyl (C=O) groups excluding carboxylic acids is 1. The molecule has 2 aromatic carbocycles. The van der Waals surface area contributed by atoms with Gasteiger partial charge in [-0.1, -0.05) is 53.2 Å². The van der Waals surface area contributed by atoms with E-state index in [2.05, 4.69) is 15.3 Å². The predicted molar refractivity (Wildman–Crippen MR) is 112 cm³/mol. The molecule has 0 saturated heterocycles. The van der Waals surface area contributed by atoms with Gasteiger partial charge in [0.1, 0.15) is 11.6 Å². The summed E-state index contributed by atoms with van der Waals surface area (Å²) in [5.74, 6) is -0.613. The van der Waals surface area contributed by atoms with Crippen LogP contribution >= 0.6 is 35.0 Å². The zero-order valence-corrected chi connectivity index (χ0v) is 17.2. The van der Waals surface area contributed by atoms with Crippen molar-refractivity contribution in [3.8, 4) is 0 Å². The first-order chi connectivity index (χ1) is 13.9. The van der Waals surface area contributed by atoms with Crippen LogP contribution in [0.5, 0.6) is 0 Å². The molecular weight excluding hydrogens is 436 g/mol. The fourth-order valence-electron chi connectivity index (χ4n) is 3.29. The molecule has 1 aromatic heterocycles. The lowest BCUT2D eigenvalue weighted by Crippen LogP contribution is -2.31. The van der Waals surface area contributed by atoms with Crippen LogP contribution in [0.15, 0.2) is 52.4 Å². The van der Waals surface area contributed by atoms with E-state index in [0.717, 1.165) is 5.56 Å². The molecule has 0 bridgehead atoms. The van der Waals surface area contributed by atoms with Crippen LogP contribution in [-0.4, -0.2) is 15.9 Å². The smallest absolute Gasteiger partial charge is 0.257 e. The Bertz CT molecular complexity index is 1150. The predicted octanol–water partition coefficient (Wildman–Crippen LogP) is 4.98. The van der Waals surface area contributed by atoms with Crippen molar-refractivity contribution in [2.45, 2.75) is 23.2 Å². The lowest BCUT2D eigenvalue weighted by Gasteiger charge is -2.25. The van der Waals surface area contributed by atoms with Crippen molar-refractivity contribution < 1.29 is 9.18 Å². The van der Waals surface area contributed by atoms with E-state index < -0.39 is 5.92 Å². The topological polar surface area (TPSA) is 74.8 Å². The largest absolute Gasteiger partial charge is 0.310 e. The van der Waals surface area contributed by atoms with E-state index in [-0.39, 0.29) is 29.5 Å². The number of aromatic amines is 1. The van der Waals surface area contributed by atoms with Crippen LogP contribution in [-0.2, 0) is 10.5 Å². The van der Waals surface area contributed by atoms with Gasteiger partial charge < -0.3 is 10.3 Å². The SMILES string of the molecule is O=C1CC(c2c(Cl)cccc2Cl)c2c(nc(SCc3cccc(F)c3)[nH]c2=O)N1. The van der Waals surface area contributed by atoms with E-state index in [1.165, 1.54) is 23.9 Å². The van der Waals surface area contributed by atoms with Gasteiger partial charge >= 0.3 is 0 Å². The number of nitrogens with zero attached hydrogens (tertiary/aromatic N) is 1. The summed E-state index contributed by atoms with van der Waals surface area (Å²) in [6.07, 6.45) is 0.0387. The highest BCUT2D eigenvalue weighted by atomic mass is 35.5. The molecule has 0 fully saturated rings. The number of carbonyl (C=O) groups is 1. The molecule has 1 aliphatic rings. The number of hydrogen-bond donors (Lipinski definition) is 2. The zero-order valence-electron chi connectivity index (χ0n) is 14.8. The van der Waals surface area contributed by atoms with Gasteiger partial charge in [-0.25, -0.2) is 9.37 Å². The van der Waals surface area contributed by atoms with E-state index in [0.29, 0.717) is 32.1 Å². The van der Waals surface area contributed by atoms with Crippen LogP contribution in [0, 0.1) is 5.82 Å². The molecule has 9 heteroatoms. The van der Waals surface area contributed by atoms with Gasteiger partial charge in [0.25, 0.3) is 5.56 Å². The summed E-state index contributed by atoms with van der Waals surface area (Å²) in [5.41, 5.74) is 1.21. The maximum absolute atomic E-state index is 13.3. The highest BCUT2D eigenvalue weighted by Crippen LogP contribution is 2.41. The highest BCUT2D eigenvalue weighted by Gasteiger charge is 2.33. The first-order valence-corrected chi connectivity index (χ1v) is 10.4. The molecule has 1 amide bonds. The van der Waals surface area contributed by atoms with Gasteiger partial charge in [0.2, 0.25) is 5.91 Å². The first-order valence-electron chi connectivity index (χ1n) is 8.67. The Hall–Kier alpha value is -2.35. The van der Waals surface area contributed by atoms with E-state index in [1.54, 1.807) is 30.3 Å². The molecule has 5 nitrogen and oxygen atoms in total. The van der Waals surface area contributed by atoms with Crippen molar-refractivity contribution in [3.63, 3.8) is 0 Å². The minimum absolute atomic E-state index is 0.0387. The zero-order chi connectivity index (χ0) is 20.5. The van der Waals surface area contributed by atoms with Crippen molar-refractivity contribution in [2.75, 3.05) is 5.32 Å². The molecule has 0 saturated carbocycles. The number of nitrogens with one attached hydrogen (secondary N) is 2. The number of rotatable bonds is 4. The Morgan fingerprint density at radius 2 is 1.83 bits per heavy atom. The van der Waals surface area contributed by atoms with E-state index >= 15 is 0 Å². The minimum Gasteiger partial charge on any atom is -0.310 e. The fourth-order valence-corrected chi connectivity index (χ4v) is 4.75. The molecule has 1 atom stereocenters. The Morgan fingerprint density at radius 3 is 2.55 bits per heavy atom. The van der Waals surface area contributed by atoms with Crippen LogP contribution in [0.2, 0.25) is 10.0 Å². The normalized spacial score (nSPS) is 15.7. The van der Waals surface area contributed by atoms with Gasteiger partial charge in [0.05, 0.1) is 5.56 Å². The molecule has 4 rings (SSSR count). The molecule has 2 N–H and O–H groups in total. The van der Waals surface area contributed by atoms with Gasteiger partial charge in [0, 0.05) is 28.1 Å². The second-order valence-corrected chi connectivity index (χ2v) is 8.27. The number of thioether (sulfide) groups is 1. The first kappa shape index (κ1) is 19.9. The number of amides is 1. The quantitative estimate of drug-likeness (QED) is 0.434. The molecule has 3 aromatic rings. The Morgan fingerprint density at radius 1 is 1.10 bits per heavy atom. The summed E-state index contributed by atoms with van der Waals surface area (Å²) >= 11 is 13.9. The Labute approximate surface area is 179 Å². The summed E-state index contributed by atoms with van der Waals surface area (Å²) in [4.78, 5) is 32.3. The number of aromatic nitrogens is 2. The summed E-state index contributed by atoms with van der Waals surface area (Å²) in [7, 11) is 0. The molecule has 0 aliphatic carbocycles. The third-order valence-electron chi connectivity index (χ3n) is 4.54. The van der Waals surface area contributed by atoms with Crippen molar-refractivity contribution in [2.24, 2.45) is 0 Å². The number of fused-ring (bicyclic) bond motifs is 1. The van der Waals surface area contributed by atoms with Crippen LogP contribution < -0.4 is 10.9 Å². The summed E-state index contributed by atoms with van der Waals surface area (Å²) < 4.78 is 13.3. The van der Waals surface area contributed by atoms with Gasteiger partial charge in [0.15, 0.2) is 5.16 Å². The molecule has 0 radical (unpaired) electrons. The number of anilines is 1. The van der Waals surface area contributed by atoms with Crippen LogP contribution in [0.25, 0.3) is 0 Å². The average Bonchev–Trinajstić information content (AvgIpc) is 2.65. The minimum atomic E-state index is -0.599. The summed E-state index contributed by atoms with van der Waals surface area (Å²) in [6.45, 7) is 0. The maximum Gasteiger partial charge on any atom is 0.257 e. The number of benzene rings is 2. The number of halogens is 3. The van der Waals surface area contributed by atoms with Crippen molar-refractivity contribution in [1.82, 2.24) is 9.97 Å². The van der Waals surface area contributed by atoms with Crippen LogP contribution in [0.1, 0.15) is 29.0 Å². The summed E-state index contributed by atoms with van der Waals surface area (Å²) in [5, 5.41) is 3.74. The van der Waals surface area contributed by atoms with Gasteiger partial charge in [-0.15, -0.1) is 0 Å². The van der Waals surface area contributed by atoms with Crippen molar-refractivity contribution in [1.29, 1.82) is 0 Å². The monoisotopic (exact) mass is 449 g/mol. The van der Waals surface area contributed by atoms with E-state index in [4.69, 9.17) is 23.2 Å². The van der Waals surface area contributed by atoms with Gasteiger partial charge in [-0.05, 0) is 35.4 Å². The number of H-pyrrole nitrogens is 1. The second-order valence-electron chi connectivity index (χ2n) is 6.49. The number of hydrogen-bond acceptors (Lipinski definition) is 4. The van der Waals surface area contributed by atoms with Crippen molar-refractivity contribution in [3.05, 3.63) is 85.4 Å². The molecular formula is C20H14Cl2FN3O2S. The Kier molecular flexibility index (Phi) is 5.63. The third kappa shape index (κ3) is 4.17. The Balaban J connectivity index is 1.70. The molecule has 1 unspecified atom stereocenters. The lowest BCUT2D eigenvalue weighted by molar-refractivity contribution is -0.116. The van der Waals surface area contributed by atoms with E-state index in [9.17, 15) is 14.0 Å². The molecule has 1 aliphatic heterocycles. The average molecular weight is 450 g/mol. The van der Waals surface area contributed by atoms with Crippen LogP contribution in [0.4, 0.5) is 10.2 Å². The van der Waals surface area contributed by atoms with E-state index in [1.807, 2.05) is 0 Å². The highest BCUT2D eigenvalue weighted by molar-refractivity contribution is 7.98. The van der Waals surface area contributed by atoms with Crippen LogP contribution in [0.3, 0.4) is 0 Å². The van der Waals surface area contributed by atoms with Gasteiger partial charge in [-0.3, -0.25) is 9.59 Å². The fraction of sp³-hybridized carbons (Fsp3) is 0.150. The standard InChI is InChI=1S/C20H14Cl2FN3O2S/c21-13-5-2-6-14(22)16(13)12-8-15(27)24-18-17(12)19(28)26-20(25-18)29-9-10-3-1-4-11(23)7-10/h1-7,12H,8-9H2,(H2,24,25,26,27,28). The summed E-state index contributed by atoms with van der Waals surface area (Å²) in [6, 6.07) is 11.2. The van der Waals surface area contributed by atoms with Gasteiger partial charge in [-0.2, -0.15) is 0 Å². The maximum atomic E-state index is 13.3. The molecule has 29 heavy (non-hydrogen) atoms. The molecule has 0 spiro atoms. The second kappa shape index (κ2) is 8.18. The molecule has 2 heterocycles.